The lowest BCUT2D eigenvalue weighted by atomic mass is 10.1. The molecule has 0 aromatic heterocycles. The van der Waals surface area contributed by atoms with E-state index in [1.807, 2.05) is 0 Å². The smallest absolute Gasteiger partial charge is 0.0839 e. The van der Waals surface area contributed by atoms with Crippen molar-refractivity contribution in [3.05, 3.63) is 70.8 Å². The van der Waals surface area contributed by atoms with Crippen molar-refractivity contribution < 1.29 is 4.74 Å². The van der Waals surface area contributed by atoms with E-state index in [2.05, 4.69) is 48.5 Å². The Bertz CT molecular complexity index is 549. The summed E-state index contributed by atoms with van der Waals surface area (Å²) in [5.41, 5.74) is 5.76. The predicted octanol–water partition coefficient (Wildman–Crippen LogP) is 4.38. The summed E-state index contributed by atoms with van der Waals surface area (Å²) in [5, 5.41) is 0. The Kier molecular flexibility index (Phi) is 2.66. The summed E-state index contributed by atoms with van der Waals surface area (Å²) in [6, 6.07) is 17.5. The van der Waals surface area contributed by atoms with Gasteiger partial charge in [0.1, 0.15) is 0 Å². The third-order valence-corrected chi connectivity index (χ3v) is 4.48. The van der Waals surface area contributed by atoms with Crippen LogP contribution in [0.2, 0.25) is 0 Å². The molecule has 0 bridgehead atoms. The van der Waals surface area contributed by atoms with Crippen LogP contribution in [0.1, 0.15) is 47.3 Å². The zero-order valence-corrected chi connectivity index (χ0v) is 11.0. The Morgan fingerprint density at radius 2 is 1.16 bits per heavy atom. The summed E-state index contributed by atoms with van der Waals surface area (Å²) in [5.74, 6) is 0. The van der Waals surface area contributed by atoms with E-state index in [0.717, 1.165) is 25.7 Å². The number of ether oxygens (including phenoxy) is 1. The highest BCUT2D eigenvalue weighted by Gasteiger charge is 2.29. The molecule has 0 spiro atoms. The first kappa shape index (κ1) is 11.2. The van der Waals surface area contributed by atoms with Crippen molar-refractivity contribution in [3.63, 3.8) is 0 Å². The van der Waals surface area contributed by atoms with E-state index in [4.69, 9.17) is 4.74 Å². The van der Waals surface area contributed by atoms with E-state index in [1.54, 1.807) is 0 Å². The molecule has 0 N–H and O–H groups in total. The van der Waals surface area contributed by atoms with Gasteiger partial charge in [0.15, 0.2) is 0 Å². The molecule has 19 heavy (non-hydrogen) atoms. The van der Waals surface area contributed by atoms with Crippen LogP contribution in [0.15, 0.2) is 48.5 Å². The monoisotopic (exact) mass is 250 g/mol. The molecule has 4 rings (SSSR count). The molecule has 0 amide bonds. The molecule has 1 heteroatoms. The molecule has 0 unspecified atom stereocenters. The van der Waals surface area contributed by atoms with E-state index >= 15 is 0 Å². The van der Waals surface area contributed by atoms with Gasteiger partial charge in [-0.15, -0.1) is 0 Å². The van der Waals surface area contributed by atoms with Crippen molar-refractivity contribution >= 4 is 0 Å². The maximum Gasteiger partial charge on any atom is 0.0839 e. The number of hydrogen-bond donors (Lipinski definition) is 0. The van der Waals surface area contributed by atoms with E-state index in [-0.39, 0.29) is 0 Å². The summed E-state index contributed by atoms with van der Waals surface area (Å²) >= 11 is 0. The minimum atomic E-state index is 0.298. The van der Waals surface area contributed by atoms with E-state index in [9.17, 15) is 0 Å². The summed E-state index contributed by atoms with van der Waals surface area (Å²) in [6.45, 7) is 0. The molecule has 0 fully saturated rings. The van der Waals surface area contributed by atoms with Crippen molar-refractivity contribution in [3.8, 4) is 0 Å². The second-order valence-electron chi connectivity index (χ2n) is 5.59. The van der Waals surface area contributed by atoms with Crippen molar-refractivity contribution in [2.75, 3.05) is 0 Å². The van der Waals surface area contributed by atoms with Crippen LogP contribution < -0.4 is 0 Å². The Morgan fingerprint density at radius 3 is 1.68 bits per heavy atom. The van der Waals surface area contributed by atoms with Crippen LogP contribution in [0.25, 0.3) is 0 Å². The standard InChI is InChI=1S/C18H18O/c1-3-7-15-13(5-1)9-11-17(15)19-18-12-10-14-6-2-4-8-16(14)18/h1-8,17-18H,9-12H2/t17-,18-/m1/s1. The lowest BCUT2D eigenvalue weighted by Gasteiger charge is -2.20. The zero-order chi connectivity index (χ0) is 12.7. The number of fused-ring (bicyclic) bond motifs is 2. The van der Waals surface area contributed by atoms with Crippen molar-refractivity contribution in [1.29, 1.82) is 0 Å². The minimum Gasteiger partial charge on any atom is -0.366 e. The molecule has 0 saturated heterocycles. The quantitative estimate of drug-likeness (QED) is 0.768. The molecule has 2 aromatic rings. The molecular formula is C18H18O. The van der Waals surface area contributed by atoms with Gasteiger partial charge < -0.3 is 4.74 Å². The topological polar surface area (TPSA) is 9.23 Å². The second kappa shape index (κ2) is 4.50. The summed E-state index contributed by atoms with van der Waals surface area (Å²) in [6.07, 6.45) is 5.19. The Hall–Kier alpha value is -1.60. The van der Waals surface area contributed by atoms with Gasteiger partial charge in [-0.2, -0.15) is 0 Å². The maximum atomic E-state index is 6.43. The average Bonchev–Trinajstić information content (AvgIpc) is 3.05. The minimum absolute atomic E-state index is 0.298. The number of benzene rings is 2. The van der Waals surface area contributed by atoms with Gasteiger partial charge in [0, 0.05) is 0 Å². The third-order valence-electron chi connectivity index (χ3n) is 4.48. The molecule has 2 atom stereocenters. The highest BCUT2D eigenvalue weighted by molar-refractivity contribution is 5.35. The molecule has 2 aromatic carbocycles. The van der Waals surface area contributed by atoms with Gasteiger partial charge in [0.25, 0.3) is 0 Å². The van der Waals surface area contributed by atoms with Gasteiger partial charge >= 0.3 is 0 Å². The van der Waals surface area contributed by atoms with Gasteiger partial charge in [-0.3, -0.25) is 0 Å². The first-order chi connectivity index (χ1) is 9.42. The lowest BCUT2D eigenvalue weighted by molar-refractivity contribution is -0.0129. The van der Waals surface area contributed by atoms with Crippen LogP contribution in [0.3, 0.4) is 0 Å². The largest absolute Gasteiger partial charge is 0.366 e. The summed E-state index contributed by atoms with van der Waals surface area (Å²) < 4.78 is 6.43. The Balaban J connectivity index is 1.58. The van der Waals surface area contributed by atoms with Gasteiger partial charge in [-0.1, -0.05) is 48.5 Å². The third kappa shape index (κ3) is 1.89. The van der Waals surface area contributed by atoms with Gasteiger partial charge in [-0.05, 0) is 47.9 Å². The summed E-state index contributed by atoms with van der Waals surface area (Å²) in [7, 11) is 0. The number of hydrogen-bond acceptors (Lipinski definition) is 1. The lowest BCUT2D eigenvalue weighted by Crippen LogP contribution is -2.05. The van der Waals surface area contributed by atoms with Gasteiger partial charge in [0.2, 0.25) is 0 Å². The van der Waals surface area contributed by atoms with Gasteiger partial charge in [-0.25, -0.2) is 0 Å². The molecular weight excluding hydrogens is 232 g/mol. The fourth-order valence-corrected chi connectivity index (χ4v) is 3.52. The molecule has 1 nitrogen and oxygen atoms in total. The first-order valence-electron chi connectivity index (χ1n) is 7.23. The zero-order valence-electron chi connectivity index (χ0n) is 11.0. The van der Waals surface area contributed by atoms with Crippen LogP contribution in [0.4, 0.5) is 0 Å². The van der Waals surface area contributed by atoms with E-state index in [1.165, 1.54) is 22.3 Å². The Labute approximate surface area is 114 Å². The number of rotatable bonds is 2. The fourth-order valence-electron chi connectivity index (χ4n) is 3.52. The van der Waals surface area contributed by atoms with Crippen molar-refractivity contribution in [2.45, 2.75) is 37.9 Å². The second-order valence-corrected chi connectivity index (χ2v) is 5.59. The molecule has 0 radical (unpaired) electrons. The molecule has 0 saturated carbocycles. The normalized spacial score (nSPS) is 24.2. The van der Waals surface area contributed by atoms with E-state index in [0.29, 0.717) is 12.2 Å². The average molecular weight is 250 g/mol. The summed E-state index contributed by atoms with van der Waals surface area (Å²) in [4.78, 5) is 0. The fraction of sp³-hybridized carbons (Fsp3) is 0.333. The number of aryl methyl sites for hydroxylation is 2. The predicted molar refractivity (Wildman–Crippen MR) is 76.1 cm³/mol. The van der Waals surface area contributed by atoms with Crippen LogP contribution >= 0.6 is 0 Å². The van der Waals surface area contributed by atoms with Gasteiger partial charge in [0.05, 0.1) is 12.2 Å². The van der Waals surface area contributed by atoms with E-state index < -0.39 is 0 Å². The highest BCUT2D eigenvalue weighted by Crippen LogP contribution is 2.41. The molecule has 96 valence electrons. The molecule has 0 aliphatic heterocycles. The van der Waals surface area contributed by atoms with Crippen molar-refractivity contribution in [2.24, 2.45) is 0 Å². The Morgan fingerprint density at radius 1 is 0.684 bits per heavy atom. The van der Waals surface area contributed by atoms with Crippen LogP contribution in [-0.4, -0.2) is 0 Å². The highest BCUT2D eigenvalue weighted by atomic mass is 16.5. The molecule has 2 aliphatic rings. The first-order valence-corrected chi connectivity index (χ1v) is 7.23. The maximum absolute atomic E-state index is 6.43. The van der Waals surface area contributed by atoms with Crippen LogP contribution in [0.5, 0.6) is 0 Å². The SMILES string of the molecule is c1ccc2c(c1)CC[C@H]2O[C@@H]1CCc2ccccc21. The van der Waals surface area contributed by atoms with Crippen LogP contribution in [-0.2, 0) is 17.6 Å². The molecule has 2 aliphatic carbocycles. The van der Waals surface area contributed by atoms with Crippen molar-refractivity contribution in [1.82, 2.24) is 0 Å². The van der Waals surface area contributed by atoms with Crippen LogP contribution in [0, 0.1) is 0 Å². The molecule has 0 heterocycles.